The number of aryl methyl sites for hydroxylation is 1. The van der Waals surface area contributed by atoms with Crippen LogP contribution in [0.15, 0.2) is 65.7 Å². The fourth-order valence-electron chi connectivity index (χ4n) is 2.95. The van der Waals surface area contributed by atoms with Crippen LogP contribution in [0.2, 0.25) is 0 Å². The summed E-state index contributed by atoms with van der Waals surface area (Å²) >= 11 is 0. The summed E-state index contributed by atoms with van der Waals surface area (Å²) < 4.78 is 0. The number of aliphatic imine (C=N–C) groups is 1. The summed E-state index contributed by atoms with van der Waals surface area (Å²) in [4.78, 5) is 6.68. The zero-order valence-corrected chi connectivity index (χ0v) is 15.0. The summed E-state index contributed by atoms with van der Waals surface area (Å²) in [6.45, 7) is 5.65. The summed E-state index contributed by atoms with van der Waals surface area (Å²) in [6, 6.07) is 17.1. The number of hydrogen-bond acceptors (Lipinski definition) is 2. The average Bonchev–Trinajstić information content (AvgIpc) is 3.18. The van der Waals surface area contributed by atoms with Gasteiger partial charge in [0.2, 0.25) is 0 Å². The summed E-state index contributed by atoms with van der Waals surface area (Å²) in [5, 5.41) is 6.78. The van der Waals surface area contributed by atoms with Gasteiger partial charge in [-0.05, 0) is 35.7 Å². The van der Waals surface area contributed by atoms with Crippen LogP contribution in [0, 0.1) is 6.92 Å². The molecule has 1 heterocycles. The molecule has 1 aliphatic rings. The normalized spacial score (nSPS) is 14.0. The number of guanidine groups is 1. The Morgan fingerprint density at radius 1 is 1.00 bits per heavy atom. The molecule has 0 radical (unpaired) electrons. The van der Waals surface area contributed by atoms with Gasteiger partial charge in [-0.1, -0.05) is 48.6 Å². The lowest BCUT2D eigenvalue weighted by molar-refractivity contribution is 0.806. The lowest BCUT2D eigenvalue weighted by Crippen LogP contribution is -2.36. The summed E-state index contributed by atoms with van der Waals surface area (Å²) in [5.74, 6) is 0.816. The van der Waals surface area contributed by atoms with Crippen LogP contribution in [-0.2, 0) is 13.1 Å². The second kappa shape index (κ2) is 8.38. The second-order valence-electron chi connectivity index (χ2n) is 6.25. The molecule has 0 spiro atoms. The summed E-state index contributed by atoms with van der Waals surface area (Å²) in [7, 11) is 1.81. The van der Waals surface area contributed by atoms with Gasteiger partial charge in [0.25, 0.3) is 0 Å². The lowest BCUT2D eigenvalue weighted by atomic mass is 10.1. The highest BCUT2D eigenvalue weighted by Gasteiger charge is 2.08. The van der Waals surface area contributed by atoms with Gasteiger partial charge in [0.05, 0.1) is 0 Å². The number of nitrogens with zero attached hydrogens (tertiary/aromatic N) is 2. The fraction of sp³-hybridized carbons (Fsp3) is 0.286. The number of nitrogens with one attached hydrogen (secondary N) is 2. The van der Waals surface area contributed by atoms with Crippen LogP contribution < -0.4 is 15.5 Å². The maximum absolute atomic E-state index is 4.32. The Morgan fingerprint density at radius 2 is 1.76 bits per heavy atom. The highest BCUT2D eigenvalue weighted by Crippen LogP contribution is 2.18. The molecule has 1 aliphatic heterocycles. The average molecular weight is 334 g/mol. The maximum Gasteiger partial charge on any atom is 0.191 e. The fourth-order valence-corrected chi connectivity index (χ4v) is 2.95. The molecule has 0 aliphatic carbocycles. The van der Waals surface area contributed by atoms with E-state index in [0.717, 1.165) is 32.1 Å². The molecular formula is C21H26N4. The highest BCUT2D eigenvalue weighted by molar-refractivity contribution is 5.79. The van der Waals surface area contributed by atoms with E-state index in [9.17, 15) is 0 Å². The number of rotatable bonds is 5. The third-order valence-electron chi connectivity index (χ3n) is 4.49. The molecule has 2 aromatic carbocycles. The topological polar surface area (TPSA) is 39.7 Å². The van der Waals surface area contributed by atoms with Crippen molar-refractivity contribution in [3.05, 3.63) is 77.4 Å². The third-order valence-corrected chi connectivity index (χ3v) is 4.49. The zero-order valence-electron chi connectivity index (χ0n) is 15.0. The van der Waals surface area contributed by atoms with Crippen LogP contribution in [-0.4, -0.2) is 26.1 Å². The van der Waals surface area contributed by atoms with Crippen molar-refractivity contribution in [2.75, 3.05) is 25.0 Å². The van der Waals surface area contributed by atoms with Gasteiger partial charge in [-0.15, -0.1) is 0 Å². The van der Waals surface area contributed by atoms with Crippen LogP contribution in [0.1, 0.15) is 16.7 Å². The Balaban J connectivity index is 1.54. The van der Waals surface area contributed by atoms with E-state index in [1.165, 1.54) is 22.4 Å². The first-order valence-corrected chi connectivity index (χ1v) is 8.74. The lowest BCUT2D eigenvalue weighted by Gasteiger charge is -2.19. The number of hydrogen-bond donors (Lipinski definition) is 2. The SMILES string of the molecule is CN=C(NCc1cccc(N2CC=CC2)c1)NCc1ccccc1C. The molecule has 0 saturated heterocycles. The van der Waals surface area contributed by atoms with E-state index >= 15 is 0 Å². The minimum Gasteiger partial charge on any atom is -0.364 e. The first kappa shape index (κ1) is 17.1. The Labute approximate surface area is 150 Å². The molecule has 4 nitrogen and oxygen atoms in total. The quantitative estimate of drug-likeness (QED) is 0.501. The minimum atomic E-state index is 0.753. The van der Waals surface area contributed by atoms with E-state index in [-0.39, 0.29) is 0 Å². The van der Waals surface area contributed by atoms with E-state index in [0.29, 0.717) is 0 Å². The summed E-state index contributed by atoms with van der Waals surface area (Å²) in [6.07, 6.45) is 4.42. The maximum atomic E-state index is 4.32. The number of benzene rings is 2. The van der Waals surface area contributed by atoms with E-state index in [1.54, 1.807) is 7.05 Å². The molecule has 25 heavy (non-hydrogen) atoms. The first-order chi connectivity index (χ1) is 12.3. The largest absolute Gasteiger partial charge is 0.364 e. The van der Waals surface area contributed by atoms with E-state index in [1.807, 2.05) is 0 Å². The van der Waals surface area contributed by atoms with Crippen molar-refractivity contribution in [3.8, 4) is 0 Å². The van der Waals surface area contributed by atoms with Gasteiger partial charge in [0, 0.05) is 38.9 Å². The van der Waals surface area contributed by atoms with Crippen molar-refractivity contribution in [2.45, 2.75) is 20.0 Å². The Bertz CT molecular complexity index is 756. The van der Waals surface area contributed by atoms with Gasteiger partial charge in [0.15, 0.2) is 5.96 Å². The molecule has 4 heteroatoms. The van der Waals surface area contributed by atoms with Crippen molar-refractivity contribution >= 4 is 11.6 Å². The minimum absolute atomic E-state index is 0.753. The van der Waals surface area contributed by atoms with Gasteiger partial charge in [0.1, 0.15) is 0 Å². The Kier molecular flexibility index (Phi) is 5.73. The van der Waals surface area contributed by atoms with Crippen molar-refractivity contribution in [3.63, 3.8) is 0 Å². The second-order valence-corrected chi connectivity index (χ2v) is 6.25. The van der Waals surface area contributed by atoms with E-state index < -0.39 is 0 Å². The third kappa shape index (κ3) is 4.63. The van der Waals surface area contributed by atoms with E-state index in [4.69, 9.17) is 0 Å². The standard InChI is InChI=1S/C21H26N4/c1-17-8-3-4-10-19(17)16-24-21(22-2)23-15-18-9-7-11-20(14-18)25-12-5-6-13-25/h3-11,14H,12-13,15-16H2,1-2H3,(H2,22,23,24). The monoisotopic (exact) mass is 334 g/mol. The van der Waals surface area contributed by atoms with Crippen LogP contribution in [0.3, 0.4) is 0 Å². The van der Waals surface area contributed by atoms with E-state index in [2.05, 4.69) is 88.1 Å². The van der Waals surface area contributed by atoms with Gasteiger partial charge < -0.3 is 15.5 Å². The number of anilines is 1. The van der Waals surface area contributed by atoms with Crippen molar-refractivity contribution < 1.29 is 0 Å². The summed E-state index contributed by atoms with van der Waals surface area (Å²) in [5.41, 5.74) is 5.10. The Hall–Kier alpha value is -2.75. The Morgan fingerprint density at radius 3 is 2.52 bits per heavy atom. The van der Waals surface area contributed by atoms with Crippen LogP contribution in [0.25, 0.3) is 0 Å². The first-order valence-electron chi connectivity index (χ1n) is 8.74. The van der Waals surface area contributed by atoms with Gasteiger partial charge >= 0.3 is 0 Å². The molecule has 0 amide bonds. The molecule has 2 aromatic rings. The van der Waals surface area contributed by atoms with Crippen molar-refractivity contribution in [2.24, 2.45) is 4.99 Å². The predicted molar refractivity (Wildman–Crippen MR) is 106 cm³/mol. The molecule has 0 saturated carbocycles. The molecule has 0 bridgehead atoms. The zero-order chi connectivity index (χ0) is 17.5. The molecule has 0 fully saturated rings. The molecule has 130 valence electrons. The molecule has 2 N–H and O–H groups in total. The van der Waals surface area contributed by atoms with Crippen molar-refractivity contribution in [1.82, 2.24) is 10.6 Å². The van der Waals surface area contributed by atoms with Gasteiger partial charge in [-0.25, -0.2) is 0 Å². The molecule has 0 atom stereocenters. The molecular weight excluding hydrogens is 308 g/mol. The molecule has 0 unspecified atom stereocenters. The smallest absolute Gasteiger partial charge is 0.191 e. The van der Waals surface area contributed by atoms with Crippen LogP contribution in [0.5, 0.6) is 0 Å². The van der Waals surface area contributed by atoms with Crippen LogP contribution >= 0.6 is 0 Å². The van der Waals surface area contributed by atoms with Crippen molar-refractivity contribution in [1.29, 1.82) is 0 Å². The van der Waals surface area contributed by atoms with Gasteiger partial charge in [-0.3, -0.25) is 4.99 Å². The highest BCUT2D eigenvalue weighted by atomic mass is 15.2. The predicted octanol–water partition coefficient (Wildman–Crippen LogP) is 3.24. The van der Waals surface area contributed by atoms with Crippen LogP contribution in [0.4, 0.5) is 5.69 Å². The molecule has 0 aromatic heterocycles. The molecule has 3 rings (SSSR count). The van der Waals surface area contributed by atoms with Gasteiger partial charge in [-0.2, -0.15) is 0 Å².